The van der Waals surface area contributed by atoms with E-state index in [1.54, 1.807) is 7.11 Å². The number of pyridine rings is 1. The number of carboxylic acids is 1. The van der Waals surface area contributed by atoms with Crippen molar-refractivity contribution in [3.63, 3.8) is 0 Å². The molecule has 0 saturated heterocycles. The zero-order chi connectivity index (χ0) is 19.7. The Hall–Kier alpha value is -2.43. The van der Waals surface area contributed by atoms with Crippen molar-refractivity contribution < 1.29 is 38.7 Å². The van der Waals surface area contributed by atoms with Crippen LogP contribution in [-0.4, -0.2) is 80.9 Å². The van der Waals surface area contributed by atoms with Gasteiger partial charge in [-0.3, -0.25) is 0 Å². The fourth-order valence-corrected chi connectivity index (χ4v) is 2.08. The van der Waals surface area contributed by atoms with Gasteiger partial charge < -0.3 is 38.7 Å². The summed E-state index contributed by atoms with van der Waals surface area (Å²) in [6, 6.07) is 1.34. The number of rotatable bonds is 12. The third-order valence-electron chi connectivity index (χ3n) is 3.62. The first-order valence-corrected chi connectivity index (χ1v) is 8.37. The minimum Gasteiger partial charge on any atom is -0.547 e. The Labute approximate surface area is 164 Å². The number of aromatic nitrogens is 1. The molecule has 10 heteroatoms. The zero-order valence-electron chi connectivity index (χ0n) is 15.3. The number of ether oxygens (including phenoxy) is 5. The molecule has 0 radical (unpaired) electrons. The van der Waals surface area contributed by atoms with E-state index in [0.717, 1.165) is 0 Å². The van der Waals surface area contributed by atoms with Gasteiger partial charge in [0.2, 0.25) is 5.90 Å². The molecular formula is C18H27N2O8-. The van der Waals surface area contributed by atoms with Gasteiger partial charge in [0.25, 0.3) is 0 Å². The average Bonchev–Trinajstić information content (AvgIpc) is 3.04. The molecule has 158 valence electrons. The van der Waals surface area contributed by atoms with Gasteiger partial charge in [-0.05, 0) is 6.92 Å². The molecule has 0 aliphatic carbocycles. The molecule has 1 aliphatic rings. The summed E-state index contributed by atoms with van der Waals surface area (Å²) in [5.41, 5.74) is -1.46. The van der Waals surface area contributed by atoms with Gasteiger partial charge in [-0.2, -0.15) is 0 Å². The second kappa shape index (κ2) is 11.4. The molecule has 1 atom stereocenters. The first-order chi connectivity index (χ1) is 13.0. The van der Waals surface area contributed by atoms with Crippen molar-refractivity contribution >= 4 is 11.9 Å². The number of hydrogen-bond acceptors (Lipinski definition) is 10. The Morgan fingerprint density at radius 2 is 1.89 bits per heavy atom. The smallest absolute Gasteiger partial charge is 0.240 e. The Morgan fingerprint density at radius 3 is 2.46 bits per heavy atom. The van der Waals surface area contributed by atoms with Crippen LogP contribution < -0.4 is 9.84 Å². The second-order valence-corrected chi connectivity index (χ2v) is 5.87. The molecule has 28 heavy (non-hydrogen) atoms. The Balaban J connectivity index is 0.00000392. The Bertz CT molecular complexity index is 667. The van der Waals surface area contributed by atoms with Crippen LogP contribution in [0, 0.1) is 0 Å². The maximum absolute atomic E-state index is 11.1. The largest absolute Gasteiger partial charge is 0.547 e. The summed E-state index contributed by atoms with van der Waals surface area (Å²) >= 11 is 0. The second-order valence-electron chi connectivity index (χ2n) is 5.87. The number of carbonyl (C=O) groups is 1. The summed E-state index contributed by atoms with van der Waals surface area (Å²) in [5, 5.41) is 21.2. The first-order valence-electron chi connectivity index (χ1n) is 8.37. The van der Waals surface area contributed by atoms with E-state index in [1.165, 1.54) is 19.2 Å². The zero-order valence-corrected chi connectivity index (χ0v) is 15.3. The van der Waals surface area contributed by atoms with Gasteiger partial charge in [0.1, 0.15) is 24.5 Å². The van der Waals surface area contributed by atoms with E-state index in [2.05, 4.69) is 9.98 Å². The fourth-order valence-electron chi connectivity index (χ4n) is 2.08. The molecular weight excluding hydrogens is 372 g/mol. The molecule has 1 unspecified atom stereocenters. The highest BCUT2D eigenvalue weighted by Crippen LogP contribution is 2.27. The highest BCUT2D eigenvalue weighted by atomic mass is 16.6. The standard InChI is InChI=1S/C17H24N2O8.CH4/c1-17(16(21)22)11-27-15(19-17)14-13(20)9-12(10-18-14)26-8-7-25-6-5-24-4-3-23-2;/h9-10,20H,3-8,11H2,1-2H3,(H,21,22);1H4/p-1. The van der Waals surface area contributed by atoms with Gasteiger partial charge in [-0.15, -0.1) is 0 Å². The number of aliphatic carboxylic acids is 1. The number of nitrogens with zero attached hydrogens (tertiary/aromatic N) is 2. The first kappa shape index (κ1) is 23.6. The van der Waals surface area contributed by atoms with Gasteiger partial charge in [-0.1, -0.05) is 7.43 Å². The number of carbonyl (C=O) groups excluding carboxylic acids is 1. The molecule has 1 aliphatic heterocycles. The molecule has 0 spiro atoms. The molecule has 10 nitrogen and oxygen atoms in total. The summed E-state index contributed by atoms with van der Waals surface area (Å²) in [4.78, 5) is 19.0. The summed E-state index contributed by atoms with van der Waals surface area (Å²) in [6.07, 6.45) is 1.38. The van der Waals surface area contributed by atoms with Gasteiger partial charge in [0, 0.05) is 13.2 Å². The normalized spacial score (nSPS) is 18.1. The van der Waals surface area contributed by atoms with Crippen molar-refractivity contribution in [2.45, 2.75) is 19.9 Å². The van der Waals surface area contributed by atoms with Crippen molar-refractivity contribution in [3.05, 3.63) is 18.0 Å². The van der Waals surface area contributed by atoms with Gasteiger partial charge in [0.15, 0.2) is 11.4 Å². The topological polar surface area (TPSA) is 132 Å². The van der Waals surface area contributed by atoms with Crippen LogP contribution in [0.25, 0.3) is 0 Å². The van der Waals surface area contributed by atoms with Crippen molar-refractivity contribution in [2.24, 2.45) is 4.99 Å². The molecule has 1 N–H and O–H groups in total. The van der Waals surface area contributed by atoms with Crippen LogP contribution >= 0.6 is 0 Å². The lowest BCUT2D eigenvalue weighted by Gasteiger charge is -2.18. The quantitative estimate of drug-likeness (QED) is 0.473. The minimum atomic E-state index is -1.50. The van der Waals surface area contributed by atoms with E-state index < -0.39 is 11.5 Å². The lowest BCUT2D eigenvalue weighted by molar-refractivity contribution is -0.312. The monoisotopic (exact) mass is 399 g/mol. The summed E-state index contributed by atoms with van der Waals surface area (Å²) in [6.45, 7) is 3.75. The molecule has 2 rings (SSSR count). The number of hydrogen-bond donors (Lipinski definition) is 1. The molecule has 2 heterocycles. The molecule has 0 saturated carbocycles. The van der Waals surface area contributed by atoms with Gasteiger partial charge in [0.05, 0.1) is 45.2 Å². The van der Waals surface area contributed by atoms with E-state index in [0.29, 0.717) is 38.8 Å². The Kier molecular flexibility index (Phi) is 9.63. The molecule has 1 aromatic rings. The third-order valence-corrected chi connectivity index (χ3v) is 3.62. The lowest BCUT2D eigenvalue weighted by Crippen LogP contribution is -2.45. The average molecular weight is 399 g/mol. The SMILES string of the molecule is C.COCCOCCOCCOc1cnc(C2=NC(C)(C(=O)[O-])CO2)c(O)c1. The van der Waals surface area contributed by atoms with Crippen molar-refractivity contribution in [2.75, 3.05) is 53.4 Å². The van der Waals surface area contributed by atoms with Crippen LogP contribution in [0.5, 0.6) is 11.5 Å². The number of aliphatic imine (C=N–C) groups is 1. The molecule has 0 fully saturated rings. The van der Waals surface area contributed by atoms with Crippen LogP contribution in [0.15, 0.2) is 17.3 Å². The minimum absolute atomic E-state index is 0. The van der Waals surface area contributed by atoms with Crippen LogP contribution in [0.1, 0.15) is 20.0 Å². The fraction of sp³-hybridized carbons (Fsp3) is 0.611. The summed E-state index contributed by atoms with van der Waals surface area (Å²) in [7, 11) is 1.61. The number of aromatic hydroxyl groups is 1. The maximum Gasteiger partial charge on any atom is 0.240 e. The van der Waals surface area contributed by atoms with Gasteiger partial charge >= 0.3 is 0 Å². The summed E-state index contributed by atoms with van der Waals surface area (Å²) in [5.74, 6) is -1.32. The van der Waals surface area contributed by atoms with Crippen LogP contribution in [-0.2, 0) is 23.7 Å². The van der Waals surface area contributed by atoms with Gasteiger partial charge in [-0.25, -0.2) is 9.98 Å². The van der Waals surface area contributed by atoms with Crippen LogP contribution in [0.2, 0.25) is 0 Å². The van der Waals surface area contributed by atoms with Crippen LogP contribution in [0.4, 0.5) is 0 Å². The van der Waals surface area contributed by atoms with E-state index in [1.807, 2.05) is 0 Å². The maximum atomic E-state index is 11.1. The highest BCUT2D eigenvalue weighted by Gasteiger charge is 2.35. The lowest BCUT2D eigenvalue weighted by atomic mass is 10.1. The molecule has 1 aromatic heterocycles. The molecule has 0 aromatic carbocycles. The van der Waals surface area contributed by atoms with Crippen LogP contribution in [0.3, 0.4) is 0 Å². The van der Waals surface area contributed by atoms with Crippen molar-refractivity contribution in [1.82, 2.24) is 4.98 Å². The summed E-state index contributed by atoms with van der Waals surface area (Å²) < 4.78 is 26.1. The van der Waals surface area contributed by atoms with E-state index in [-0.39, 0.29) is 38.0 Å². The predicted molar refractivity (Wildman–Crippen MR) is 97.5 cm³/mol. The van der Waals surface area contributed by atoms with E-state index in [9.17, 15) is 15.0 Å². The van der Waals surface area contributed by atoms with Crippen molar-refractivity contribution in [3.8, 4) is 11.5 Å². The number of carboxylic acid groups (broad SMARTS) is 1. The molecule has 0 bridgehead atoms. The van der Waals surface area contributed by atoms with E-state index in [4.69, 9.17) is 23.7 Å². The highest BCUT2D eigenvalue weighted by molar-refractivity contribution is 5.98. The van der Waals surface area contributed by atoms with Crippen molar-refractivity contribution in [1.29, 1.82) is 0 Å². The number of methoxy groups -OCH3 is 1. The van der Waals surface area contributed by atoms with E-state index >= 15 is 0 Å². The molecule has 0 amide bonds. The Morgan fingerprint density at radius 1 is 1.25 bits per heavy atom. The third kappa shape index (κ3) is 6.63. The predicted octanol–water partition coefficient (Wildman–Crippen LogP) is -0.233.